The lowest BCUT2D eigenvalue weighted by Gasteiger charge is -2.20. The molecule has 0 amide bonds. The molecule has 0 atom stereocenters. The number of carbonyl (C=O) groups excluding carboxylic acids is 3. The number of ether oxygens (including phenoxy) is 2. The first-order chi connectivity index (χ1) is 15.8. The number of halogens is 6. The highest BCUT2D eigenvalue weighted by molar-refractivity contribution is 6.18. The summed E-state index contributed by atoms with van der Waals surface area (Å²) in [5.74, 6) is -6.46. The number of benzene rings is 2. The Morgan fingerprint density at radius 3 is 1.97 bits per heavy atom. The van der Waals surface area contributed by atoms with Crippen molar-refractivity contribution in [2.45, 2.75) is 18.8 Å². The van der Waals surface area contributed by atoms with Gasteiger partial charge in [-0.15, -0.1) is 0 Å². The number of pyridine rings is 1. The molecule has 0 spiro atoms. The quantitative estimate of drug-likeness (QED) is 0.171. The second kappa shape index (κ2) is 8.92. The van der Waals surface area contributed by atoms with Gasteiger partial charge in [-0.05, 0) is 23.4 Å². The minimum absolute atomic E-state index is 0.109. The molecule has 0 aliphatic rings. The molecule has 12 heteroatoms. The minimum Gasteiger partial charge on any atom is -0.468 e. The number of alkyl halides is 6. The first-order valence-electron chi connectivity index (χ1n) is 9.49. The van der Waals surface area contributed by atoms with Crippen LogP contribution in [0.5, 0.6) is 0 Å². The zero-order valence-corrected chi connectivity index (χ0v) is 17.5. The Hall–Kier alpha value is -3.70. The molecule has 1 heterocycles. The number of ketones is 1. The molecule has 0 aliphatic heterocycles. The van der Waals surface area contributed by atoms with Gasteiger partial charge in [0.25, 0.3) is 5.78 Å². The second-order valence-corrected chi connectivity index (χ2v) is 7.15. The topological polar surface area (TPSA) is 82.6 Å². The Balaban J connectivity index is 2.40. The van der Waals surface area contributed by atoms with Crippen LogP contribution < -0.4 is 0 Å². The molecular weight excluding hydrogens is 472 g/mol. The molecule has 0 unspecified atom stereocenters. The largest absolute Gasteiger partial charge is 0.468 e. The molecule has 0 radical (unpaired) electrons. The third-order valence-corrected chi connectivity index (χ3v) is 5.14. The van der Waals surface area contributed by atoms with E-state index in [0.717, 1.165) is 20.4 Å². The molecule has 0 aliphatic carbocycles. The average molecular weight is 487 g/mol. The molecule has 0 saturated heterocycles. The number of hydrogen-bond donors (Lipinski definition) is 0. The van der Waals surface area contributed by atoms with Crippen LogP contribution >= 0.6 is 0 Å². The lowest BCUT2D eigenvalue weighted by Crippen LogP contribution is -2.29. The summed E-state index contributed by atoms with van der Waals surface area (Å²) in [6, 6.07) is 5.59. The van der Waals surface area contributed by atoms with Gasteiger partial charge in [0.1, 0.15) is 0 Å². The number of fused-ring (bicyclic) bond motifs is 3. The molecule has 180 valence electrons. The van der Waals surface area contributed by atoms with Crippen molar-refractivity contribution in [3.8, 4) is 0 Å². The highest BCUT2D eigenvalue weighted by atomic mass is 19.4. The Kier molecular flexibility index (Phi) is 6.54. The highest BCUT2D eigenvalue weighted by Crippen LogP contribution is 2.41. The monoisotopic (exact) mass is 487 g/mol. The van der Waals surface area contributed by atoms with Crippen LogP contribution in [0, 0.1) is 5.92 Å². The van der Waals surface area contributed by atoms with Crippen LogP contribution in [0.1, 0.15) is 21.5 Å². The van der Waals surface area contributed by atoms with Gasteiger partial charge in [0.05, 0.1) is 25.3 Å². The predicted octanol–water partition coefficient (Wildman–Crippen LogP) is 4.66. The van der Waals surface area contributed by atoms with E-state index in [9.17, 15) is 40.7 Å². The Morgan fingerprint density at radius 2 is 1.47 bits per heavy atom. The molecule has 0 bridgehead atoms. The fourth-order valence-corrected chi connectivity index (χ4v) is 3.67. The number of aromatic nitrogens is 1. The number of hydrogen-bond acceptors (Lipinski definition) is 6. The maximum absolute atomic E-state index is 14.2. The van der Waals surface area contributed by atoms with E-state index in [0.29, 0.717) is 6.07 Å². The second-order valence-electron chi connectivity index (χ2n) is 7.15. The van der Waals surface area contributed by atoms with Crippen LogP contribution in [0.25, 0.3) is 21.7 Å². The van der Waals surface area contributed by atoms with Gasteiger partial charge in [-0.1, -0.05) is 24.3 Å². The van der Waals surface area contributed by atoms with Gasteiger partial charge in [-0.2, -0.15) is 26.3 Å². The van der Waals surface area contributed by atoms with Gasteiger partial charge in [0.2, 0.25) is 0 Å². The smallest absolute Gasteiger partial charge is 0.454 e. The van der Waals surface area contributed by atoms with Gasteiger partial charge in [-0.25, -0.2) is 0 Å². The van der Waals surface area contributed by atoms with Gasteiger partial charge in [0.15, 0.2) is 5.92 Å². The van der Waals surface area contributed by atoms with Crippen molar-refractivity contribution in [3.63, 3.8) is 0 Å². The third kappa shape index (κ3) is 4.52. The van der Waals surface area contributed by atoms with Crippen molar-refractivity contribution < 1.29 is 50.2 Å². The molecule has 34 heavy (non-hydrogen) atoms. The summed E-state index contributed by atoms with van der Waals surface area (Å²) in [5.41, 5.74) is -3.39. The predicted molar refractivity (Wildman–Crippen MR) is 106 cm³/mol. The molecule has 0 fully saturated rings. The minimum atomic E-state index is -5.35. The average Bonchev–Trinajstić information content (AvgIpc) is 2.78. The molecule has 3 rings (SSSR count). The van der Waals surface area contributed by atoms with Gasteiger partial charge in [0, 0.05) is 22.5 Å². The zero-order valence-electron chi connectivity index (χ0n) is 17.5. The first-order valence-corrected chi connectivity index (χ1v) is 9.49. The zero-order chi connectivity index (χ0) is 25.4. The molecular formula is C22H15F6NO5. The number of esters is 2. The molecule has 6 nitrogen and oxygen atoms in total. The van der Waals surface area contributed by atoms with Crippen LogP contribution in [-0.4, -0.2) is 43.1 Å². The van der Waals surface area contributed by atoms with Crippen molar-refractivity contribution in [2.75, 3.05) is 14.2 Å². The summed E-state index contributed by atoms with van der Waals surface area (Å²) in [6.07, 6.45) is -10.6. The fourth-order valence-electron chi connectivity index (χ4n) is 3.67. The van der Waals surface area contributed by atoms with E-state index >= 15 is 0 Å². The van der Waals surface area contributed by atoms with E-state index in [-0.39, 0.29) is 16.3 Å². The van der Waals surface area contributed by atoms with Crippen LogP contribution in [0.2, 0.25) is 0 Å². The van der Waals surface area contributed by atoms with Crippen LogP contribution in [0.15, 0.2) is 36.5 Å². The van der Waals surface area contributed by atoms with E-state index in [2.05, 4.69) is 14.5 Å². The molecule has 1 aromatic heterocycles. The van der Waals surface area contributed by atoms with Crippen molar-refractivity contribution >= 4 is 39.4 Å². The third-order valence-electron chi connectivity index (χ3n) is 5.14. The van der Waals surface area contributed by atoms with Crippen molar-refractivity contribution in [1.29, 1.82) is 0 Å². The van der Waals surface area contributed by atoms with Gasteiger partial charge < -0.3 is 9.47 Å². The van der Waals surface area contributed by atoms with Gasteiger partial charge >= 0.3 is 24.3 Å². The van der Waals surface area contributed by atoms with Crippen LogP contribution in [0.4, 0.5) is 26.3 Å². The first kappa shape index (κ1) is 24.9. The number of rotatable bonds is 5. The SMILES string of the molecule is COC(=O)C(Cc1cnc2c(cc(C(=O)C(F)(F)F)c3ccccc32)c1C(F)(F)F)C(=O)OC. The van der Waals surface area contributed by atoms with E-state index in [4.69, 9.17) is 0 Å². The number of nitrogens with zero attached hydrogens (tertiary/aromatic N) is 1. The van der Waals surface area contributed by atoms with E-state index in [1.807, 2.05) is 0 Å². The Morgan fingerprint density at radius 1 is 0.912 bits per heavy atom. The van der Waals surface area contributed by atoms with Crippen molar-refractivity contribution in [3.05, 3.63) is 53.2 Å². The summed E-state index contributed by atoms with van der Waals surface area (Å²) in [4.78, 5) is 40.0. The molecule has 0 saturated carbocycles. The highest BCUT2D eigenvalue weighted by Gasteiger charge is 2.42. The summed E-state index contributed by atoms with van der Waals surface area (Å²) in [6.45, 7) is 0. The summed E-state index contributed by atoms with van der Waals surface area (Å²) < 4.78 is 91.1. The van der Waals surface area contributed by atoms with Crippen LogP contribution in [-0.2, 0) is 31.7 Å². The Bertz CT molecular complexity index is 1280. The normalized spacial score (nSPS) is 12.3. The lowest BCUT2D eigenvalue weighted by molar-refractivity contribution is -0.159. The molecule has 0 N–H and O–H groups in total. The van der Waals surface area contributed by atoms with Crippen LogP contribution in [0.3, 0.4) is 0 Å². The number of carbonyl (C=O) groups is 3. The van der Waals surface area contributed by atoms with E-state index < -0.39 is 64.5 Å². The Labute approximate surface area is 187 Å². The maximum Gasteiger partial charge on any atom is 0.454 e. The molecule has 3 aromatic rings. The maximum atomic E-state index is 14.2. The molecule has 2 aromatic carbocycles. The van der Waals surface area contributed by atoms with E-state index in [1.54, 1.807) is 0 Å². The summed E-state index contributed by atoms with van der Waals surface area (Å²) >= 11 is 0. The lowest BCUT2D eigenvalue weighted by atomic mass is 9.90. The number of methoxy groups -OCH3 is 2. The summed E-state index contributed by atoms with van der Waals surface area (Å²) in [5, 5.41) is -1.13. The van der Waals surface area contributed by atoms with Crippen molar-refractivity contribution in [2.24, 2.45) is 5.92 Å². The van der Waals surface area contributed by atoms with E-state index in [1.165, 1.54) is 24.3 Å². The number of Topliss-reactive ketones (excluding diaryl/α,β-unsaturated/α-hetero) is 1. The summed E-state index contributed by atoms with van der Waals surface area (Å²) in [7, 11) is 1.84. The van der Waals surface area contributed by atoms with Gasteiger partial charge in [-0.3, -0.25) is 19.4 Å². The fraction of sp³-hybridized carbons (Fsp3) is 0.273. The van der Waals surface area contributed by atoms with Crippen molar-refractivity contribution in [1.82, 2.24) is 4.98 Å². The standard InChI is InChI=1S/C22H15F6NO5/c1-33-19(31)15(20(32)34-2)7-10-9-29-17-12-6-4-3-5-11(12)13(18(30)22(26,27)28)8-14(17)16(10)21(23,24)25/h3-6,8-9,15H,7H2,1-2H3.